The highest BCUT2D eigenvalue weighted by Gasteiger charge is 2.20. The summed E-state index contributed by atoms with van der Waals surface area (Å²) in [5.41, 5.74) is 0.236. The minimum Gasteiger partial charge on any atom is -0.481 e. The van der Waals surface area contributed by atoms with E-state index in [1.807, 2.05) is 0 Å². The highest BCUT2D eigenvalue weighted by atomic mass is 16.4. The maximum absolute atomic E-state index is 11.6. The van der Waals surface area contributed by atoms with Crippen molar-refractivity contribution in [2.75, 3.05) is 0 Å². The summed E-state index contributed by atoms with van der Waals surface area (Å²) in [6, 6.07) is -0.324. The summed E-state index contributed by atoms with van der Waals surface area (Å²) in [6.45, 7) is 9.74. The number of rotatable bonds is 6. The van der Waals surface area contributed by atoms with Gasteiger partial charge in [0.1, 0.15) is 0 Å². The first kappa shape index (κ1) is 15.9. The Hall–Kier alpha value is -1.06. The van der Waals surface area contributed by atoms with Gasteiger partial charge >= 0.3 is 5.97 Å². The zero-order chi connectivity index (χ0) is 13.6. The molecule has 4 heteroatoms. The number of amides is 1. The van der Waals surface area contributed by atoms with Crippen LogP contribution in [0.25, 0.3) is 0 Å². The number of hydrogen-bond acceptors (Lipinski definition) is 2. The Balaban J connectivity index is 3.91. The molecule has 2 unspecified atom stereocenters. The normalized spacial score (nSPS) is 15.1. The predicted octanol–water partition coefficient (Wildman–Crippen LogP) is 2.43. The van der Waals surface area contributed by atoms with Crippen LogP contribution >= 0.6 is 0 Å². The zero-order valence-corrected chi connectivity index (χ0v) is 11.5. The molecule has 0 aliphatic heterocycles. The summed E-state index contributed by atoms with van der Waals surface area (Å²) in [5, 5.41) is 11.5. The number of aliphatic carboxylic acids is 1. The van der Waals surface area contributed by atoms with Crippen LogP contribution in [0, 0.1) is 11.3 Å². The summed E-state index contributed by atoms with van der Waals surface area (Å²) in [7, 11) is 0. The van der Waals surface area contributed by atoms with Crippen LogP contribution in [0.15, 0.2) is 0 Å². The van der Waals surface area contributed by atoms with Crippen molar-refractivity contribution in [1.82, 2.24) is 5.32 Å². The van der Waals surface area contributed by atoms with E-state index < -0.39 is 11.9 Å². The van der Waals surface area contributed by atoms with E-state index in [0.29, 0.717) is 6.42 Å². The molecule has 0 aliphatic rings. The third-order valence-corrected chi connectivity index (χ3v) is 2.86. The average Bonchev–Trinajstić information content (AvgIpc) is 2.13. The summed E-state index contributed by atoms with van der Waals surface area (Å²) in [6.07, 6.45) is 2.29. The van der Waals surface area contributed by atoms with E-state index in [-0.39, 0.29) is 17.4 Å². The Labute approximate surface area is 104 Å². The minimum absolute atomic E-state index is 0.0603. The quantitative estimate of drug-likeness (QED) is 0.753. The van der Waals surface area contributed by atoms with Crippen molar-refractivity contribution in [3.63, 3.8) is 0 Å². The molecule has 0 aromatic heterocycles. The molecule has 0 bridgehead atoms. The van der Waals surface area contributed by atoms with E-state index in [1.165, 1.54) is 0 Å². The van der Waals surface area contributed by atoms with Crippen molar-refractivity contribution >= 4 is 11.9 Å². The second kappa shape index (κ2) is 6.62. The van der Waals surface area contributed by atoms with E-state index in [1.54, 1.807) is 13.8 Å². The van der Waals surface area contributed by atoms with Gasteiger partial charge in [-0.25, -0.2) is 0 Å². The summed E-state index contributed by atoms with van der Waals surface area (Å²) < 4.78 is 0. The second-order valence-electron chi connectivity index (χ2n) is 5.90. The molecule has 0 aliphatic carbocycles. The van der Waals surface area contributed by atoms with Gasteiger partial charge in [-0.1, -0.05) is 20.8 Å². The Morgan fingerprint density at radius 2 is 1.76 bits per heavy atom. The van der Waals surface area contributed by atoms with E-state index in [9.17, 15) is 9.59 Å². The third-order valence-electron chi connectivity index (χ3n) is 2.86. The molecule has 0 spiro atoms. The Kier molecular flexibility index (Phi) is 6.21. The first-order valence-electron chi connectivity index (χ1n) is 6.15. The van der Waals surface area contributed by atoms with E-state index in [2.05, 4.69) is 26.1 Å². The second-order valence-corrected chi connectivity index (χ2v) is 5.90. The van der Waals surface area contributed by atoms with Crippen LogP contribution in [0.3, 0.4) is 0 Å². The topological polar surface area (TPSA) is 66.4 Å². The van der Waals surface area contributed by atoms with Gasteiger partial charge in [0.15, 0.2) is 0 Å². The number of carbonyl (C=O) groups is 2. The fourth-order valence-corrected chi connectivity index (χ4v) is 1.44. The number of carboxylic acid groups (broad SMARTS) is 1. The van der Waals surface area contributed by atoms with Crippen molar-refractivity contribution in [1.29, 1.82) is 0 Å². The summed E-state index contributed by atoms with van der Waals surface area (Å²) in [4.78, 5) is 22.3. The Morgan fingerprint density at radius 3 is 2.18 bits per heavy atom. The van der Waals surface area contributed by atoms with Crippen LogP contribution in [0.1, 0.15) is 53.9 Å². The lowest BCUT2D eigenvalue weighted by atomic mass is 9.90. The minimum atomic E-state index is -0.882. The van der Waals surface area contributed by atoms with Gasteiger partial charge in [-0.15, -0.1) is 0 Å². The number of carboxylic acids is 1. The van der Waals surface area contributed by atoms with Crippen molar-refractivity contribution < 1.29 is 14.7 Å². The standard InChI is InChI=1S/C13H25NO3/c1-9(12(16)17)10(2)14-11(15)7-6-8-13(3,4)5/h9-10H,6-8H2,1-5H3,(H,14,15)(H,16,17). The van der Waals surface area contributed by atoms with Crippen LogP contribution < -0.4 is 5.32 Å². The molecule has 100 valence electrons. The van der Waals surface area contributed by atoms with Crippen molar-refractivity contribution in [3.8, 4) is 0 Å². The van der Waals surface area contributed by atoms with Gasteiger partial charge in [0.2, 0.25) is 5.91 Å². The number of carbonyl (C=O) groups excluding carboxylic acids is 1. The lowest BCUT2D eigenvalue weighted by molar-refractivity contribution is -0.142. The molecular formula is C13H25NO3. The average molecular weight is 243 g/mol. The first-order chi connectivity index (χ1) is 7.63. The molecule has 0 heterocycles. The molecule has 0 aromatic rings. The van der Waals surface area contributed by atoms with Crippen LogP contribution in [-0.4, -0.2) is 23.0 Å². The van der Waals surface area contributed by atoms with Gasteiger partial charge < -0.3 is 10.4 Å². The van der Waals surface area contributed by atoms with Gasteiger partial charge in [-0.2, -0.15) is 0 Å². The highest BCUT2D eigenvalue weighted by molar-refractivity contribution is 5.77. The molecule has 2 atom stereocenters. The molecule has 4 nitrogen and oxygen atoms in total. The molecular weight excluding hydrogens is 218 g/mol. The van der Waals surface area contributed by atoms with Gasteiger partial charge in [0, 0.05) is 12.5 Å². The Bertz CT molecular complexity index is 268. The molecule has 0 radical (unpaired) electrons. The van der Waals surface area contributed by atoms with Crippen LogP contribution in [0.5, 0.6) is 0 Å². The van der Waals surface area contributed by atoms with E-state index in [0.717, 1.165) is 12.8 Å². The maximum Gasteiger partial charge on any atom is 0.308 e. The molecule has 0 fully saturated rings. The molecule has 0 saturated heterocycles. The molecule has 1 amide bonds. The Morgan fingerprint density at radius 1 is 1.24 bits per heavy atom. The largest absolute Gasteiger partial charge is 0.481 e. The molecule has 2 N–H and O–H groups in total. The highest BCUT2D eigenvalue weighted by Crippen LogP contribution is 2.21. The van der Waals surface area contributed by atoms with E-state index in [4.69, 9.17) is 5.11 Å². The number of nitrogens with one attached hydrogen (secondary N) is 1. The lowest BCUT2D eigenvalue weighted by Crippen LogP contribution is -2.39. The molecule has 0 saturated carbocycles. The summed E-state index contributed by atoms with van der Waals surface area (Å²) in [5.74, 6) is -1.50. The molecule has 0 aromatic carbocycles. The molecule has 17 heavy (non-hydrogen) atoms. The monoisotopic (exact) mass is 243 g/mol. The summed E-state index contributed by atoms with van der Waals surface area (Å²) >= 11 is 0. The smallest absolute Gasteiger partial charge is 0.308 e. The SMILES string of the molecule is CC(NC(=O)CCCC(C)(C)C)C(C)C(=O)O. The van der Waals surface area contributed by atoms with Gasteiger partial charge in [-0.05, 0) is 32.1 Å². The van der Waals surface area contributed by atoms with Gasteiger partial charge in [0.25, 0.3) is 0 Å². The maximum atomic E-state index is 11.6. The fraction of sp³-hybridized carbons (Fsp3) is 0.846. The van der Waals surface area contributed by atoms with Crippen LogP contribution in [0.4, 0.5) is 0 Å². The third kappa shape index (κ3) is 7.77. The van der Waals surface area contributed by atoms with Crippen LogP contribution in [-0.2, 0) is 9.59 Å². The van der Waals surface area contributed by atoms with E-state index >= 15 is 0 Å². The van der Waals surface area contributed by atoms with Gasteiger partial charge in [-0.3, -0.25) is 9.59 Å². The van der Waals surface area contributed by atoms with Crippen LogP contribution in [0.2, 0.25) is 0 Å². The zero-order valence-electron chi connectivity index (χ0n) is 11.5. The van der Waals surface area contributed by atoms with Crippen molar-refractivity contribution in [3.05, 3.63) is 0 Å². The van der Waals surface area contributed by atoms with Crippen molar-refractivity contribution in [2.45, 2.75) is 59.9 Å². The van der Waals surface area contributed by atoms with Crippen molar-refractivity contribution in [2.24, 2.45) is 11.3 Å². The van der Waals surface area contributed by atoms with Gasteiger partial charge in [0.05, 0.1) is 5.92 Å². The lowest BCUT2D eigenvalue weighted by Gasteiger charge is -2.19. The predicted molar refractivity (Wildman–Crippen MR) is 67.7 cm³/mol. The molecule has 0 rings (SSSR count). The fourth-order valence-electron chi connectivity index (χ4n) is 1.44. The first-order valence-corrected chi connectivity index (χ1v) is 6.15. The number of hydrogen-bond donors (Lipinski definition) is 2.